The molecular weight excluding hydrogens is 457 g/mol. The Morgan fingerprint density at radius 2 is 1.49 bits per heavy atom. The number of rotatable bonds is 3. The molecule has 9 heteroatoms. The van der Waals surface area contributed by atoms with Gasteiger partial charge in [-0.15, -0.1) is 0 Å². The molecule has 3 amide bonds. The zero-order valence-electron chi connectivity index (χ0n) is 20.2. The second-order valence-electron chi connectivity index (χ2n) is 9.73. The Bertz CT molecular complexity index is 995. The van der Waals surface area contributed by atoms with Crippen LogP contribution in [0.15, 0.2) is 48.5 Å². The molecule has 0 spiro atoms. The summed E-state index contributed by atoms with van der Waals surface area (Å²) in [6.45, 7) is 7.85. The van der Waals surface area contributed by atoms with Crippen LogP contribution < -0.4 is 20.9 Å². The summed E-state index contributed by atoms with van der Waals surface area (Å²) >= 11 is 0. The van der Waals surface area contributed by atoms with Gasteiger partial charge in [0.1, 0.15) is 0 Å². The first-order chi connectivity index (χ1) is 16.4. The molecule has 0 aromatic heterocycles. The number of carbonyl (C=O) groups is 2. The van der Waals surface area contributed by atoms with Crippen LogP contribution in [0.4, 0.5) is 35.0 Å². The third-order valence-corrected chi connectivity index (χ3v) is 6.45. The van der Waals surface area contributed by atoms with Crippen molar-refractivity contribution < 1.29 is 22.8 Å². The third kappa shape index (κ3) is 7.63. The second-order valence-corrected chi connectivity index (χ2v) is 9.73. The SMILES string of the molecule is CC1(C)CCN(c2ccc(N3CCCCC3=O)cc2)CC1.NC(=O)Nc1ccc(C(F)(F)F)cc1. The van der Waals surface area contributed by atoms with Crippen LogP contribution in [0, 0.1) is 5.41 Å². The fourth-order valence-corrected chi connectivity index (χ4v) is 4.18. The normalized spacial score (nSPS) is 17.9. The average Bonchev–Trinajstić information content (AvgIpc) is 2.79. The Hall–Kier alpha value is -3.23. The maximum Gasteiger partial charge on any atom is 0.416 e. The molecule has 2 fully saturated rings. The van der Waals surface area contributed by atoms with E-state index in [1.807, 2.05) is 4.90 Å². The molecule has 0 radical (unpaired) electrons. The molecule has 4 rings (SSSR count). The number of piperidine rings is 2. The van der Waals surface area contributed by atoms with E-state index in [9.17, 15) is 22.8 Å². The number of benzene rings is 2. The van der Waals surface area contributed by atoms with Crippen LogP contribution in [0.2, 0.25) is 0 Å². The standard InChI is InChI=1S/C18H26N2O.C8H7F3N2O/c1-18(2)10-13-19(14-11-18)15-6-8-16(9-7-15)20-12-4-3-5-17(20)21;9-8(10,11)5-1-3-6(4-2-5)13-7(12)14/h6-9H,3-5,10-14H2,1-2H3;1-4H,(H3,12,13,14). The third-order valence-electron chi connectivity index (χ3n) is 6.45. The molecule has 2 aromatic rings. The van der Waals surface area contributed by atoms with Crippen molar-refractivity contribution in [3.05, 3.63) is 54.1 Å². The van der Waals surface area contributed by atoms with Gasteiger partial charge in [0.25, 0.3) is 0 Å². The molecule has 0 aliphatic carbocycles. The monoisotopic (exact) mass is 490 g/mol. The highest BCUT2D eigenvalue weighted by Crippen LogP contribution is 2.33. The minimum Gasteiger partial charge on any atom is -0.371 e. The van der Waals surface area contributed by atoms with Crippen LogP contribution in [0.5, 0.6) is 0 Å². The molecule has 35 heavy (non-hydrogen) atoms. The van der Waals surface area contributed by atoms with E-state index in [1.54, 1.807) is 0 Å². The molecule has 3 N–H and O–H groups in total. The number of carbonyl (C=O) groups excluding carboxylic acids is 2. The summed E-state index contributed by atoms with van der Waals surface area (Å²) in [6, 6.07) is 11.8. The van der Waals surface area contributed by atoms with Crippen LogP contribution in [-0.4, -0.2) is 31.6 Å². The lowest BCUT2D eigenvalue weighted by atomic mass is 9.82. The lowest BCUT2D eigenvalue weighted by Gasteiger charge is -2.38. The number of nitrogens with two attached hydrogens (primary N) is 1. The predicted molar refractivity (Wildman–Crippen MR) is 133 cm³/mol. The fraction of sp³-hybridized carbons (Fsp3) is 0.462. The molecule has 2 aliphatic rings. The molecular formula is C26H33F3N4O2. The van der Waals surface area contributed by atoms with Crippen molar-refractivity contribution in [3.63, 3.8) is 0 Å². The van der Waals surface area contributed by atoms with E-state index in [1.165, 1.54) is 18.5 Å². The molecule has 0 unspecified atom stereocenters. The van der Waals surface area contributed by atoms with Gasteiger partial charge in [-0.25, -0.2) is 4.79 Å². The predicted octanol–water partition coefficient (Wildman–Crippen LogP) is 6.03. The Labute approximate surface area is 204 Å². The van der Waals surface area contributed by atoms with Crippen molar-refractivity contribution in [3.8, 4) is 0 Å². The average molecular weight is 491 g/mol. The number of primary amides is 1. The topological polar surface area (TPSA) is 78.7 Å². The summed E-state index contributed by atoms with van der Waals surface area (Å²) in [5, 5.41) is 2.15. The fourth-order valence-electron chi connectivity index (χ4n) is 4.18. The van der Waals surface area contributed by atoms with Gasteiger partial charge in [0.05, 0.1) is 5.56 Å². The lowest BCUT2D eigenvalue weighted by Crippen LogP contribution is -2.37. The van der Waals surface area contributed by atoms with Crippen LogP contribution in [0.25, 0.3) is 0 Å². The zero-order chi connectivity index (χ0) is 25.6. The van der Waals surface area contributed by atoms with Gasteiger partial charge >= 0.3 is 12.2 Å². The van der Waals surface area contributed by atoms with E-state index in [-0.39, 0.29) is 11.6 Å². The van der Waals surface area contributed by atoms with E-state index < -0.39 is 17.8 Å². The Kier molecular flexibility index (Phi) is 8.30. The van der Waals surface area contributed by atoms with E-state index in [4.69, 9.17) is 5.73 Å². The van der Waals surface area contributed by atoms with Gasteiger partial charge < -0.3 is 20.9 Å². The van der Waals surface area contributed by atoms with E-state index in [0.717, 1.165) is 62.4 Å². The van der Waals surface area contributed by atoms with Gasteiger partial charge in [0, 0.05) is 43.1 Å². The largest absolute Gasteiger partial charge is 0.416 e. The maximum absolute atomic E-state index is 12.1. The summed E-state index contributed by atoms with van der Waals surface area (Å²) < 4.78 is 36.2. The van der Waals surface area contributed by atoms with Gasteiger partial charge in [-0.05, 0) is 79.6 Å². The highest BCUT2D eigenvalue weighted by Gasteiger charge is 2.30. The summed E-state index contributed by atoms with van der Waals surface area (Å²) in [7, 11) is 0. The van der Waals surface area contributed by atoms with Gasteiger partial charge in [-0.3, -0.25) is 4.79 Å². The Morgan fingerprint density at radius 1 is 0.914 bits per heavy atom. The number of urea groups is 1. The molecule has 0 saturated carbocycles. The summed E-state index contributed by atoms with van der Waals surface area (Å²) in [5.41, 5.74) is 7.06. The van der Waals surface area contributed by atoms with Crippen LogP contribution >= 0.6 is 0 Å². The van der Waals surface area contributed by atoms with E-state index >= 15 is 0 Å². The number of nitrogens with one attached hydrogen (secondary N) is 1. The highest BCUT2D eigenvalue weighted by molar-refractivity contribution is 5.94. The van der Waals surface area contributed by atoms with Crippen LogP contribution in [0.3, 0.4) is 0 Å². The van der Waals surface area contributed by atoms with Crippen molar-refractivity contribution in [1.82, 2.24) is 0 Å². The van der Waals surface area contributed by atoms with Gasteiger partial charge in [0.15, 0.2) is 0 Å². The van der Waals surface area contributed by atoms with E-state index in [0.29, 0.717) is 11.8 Å². The van der Waals surface area contributed by atoms with Gasteiger partial charge in [0.2, 0.25) is 5.91 Å². The molecule has 0 atom stereocenters. The number of halogens is 3. The van der Waals surface area contributed by atoms with Gasteiger partial charge in [-0.2, -0.15) is 13.2 Å². The first-order valence-electron chi connectivity index (χ1n) is 11.8. The van der Waals surface area contributed by atoms with Crippen molar-refractivity contribution in [1.29, 1.82) is 0 Å². The molecule has 2 saturated heterocycles. The molecule has 0 bridgehead atoms. The first kappa shape index (κ1) is 26.4. The maximum atomic E-state index is 12.1. The van der Waals surface area contributed by atoms with Crippen LogP contribution in [0.1, 0.15) is 51.5 Å². The molecule has 190 valence electrons. The molecule has 2 heterocycles. The quantitative estimate of drug-likeness (QED) is 0.552. The van der Waals surface area contributed by atoms with E-state index in [2.05, 4.69) is 48.3 Å². The Balaban J connectivity index is 0.000000214. The smallest absolute Gasteiger partial charge is 0.371 e. The minimum absolute atomic E-state index is 0.227. The Morgan fingerprint density at radius 3 is 2.00 bits per heavy atom. The number of anilines is 3. The lowest BCUT2D eigenvalue weighted by molar-refractivity contribution is -0.137. The highest BCUT2D eigenvalue weighted by atomic mass is 19.4. The number of amides is 3. The van der Waals surface area contributed by atoms with Crippen molar-refractivity contribution >= 4 is 29.0 Å². The summed E-state index contributed by atoms with van der Waals surface area (Å²) in [5.74, 6) is 0.272. The molecule has 2 aromatic carbocycles. The number of hydrogen-bond donors (Lipinski definition) is 2. The summed E-state index contributed by atoms with van der Waals surface area (Å²) in [4.78, 5) is 26.7. The number of alkyl halides is 3. The van der Waals surface area contributed by atoms with Crippen molar-refractivity contribution in [2.24, 2.45) is 11.1 Å². The number of hydrogen-bond acceptors (Lipinski definition) is 3. The zero-order valence-corrected chi connectivity index (χ0v) is 20.2. The second kappa shape index (κ2) is 11.0. The van der Waals surface area contributed by atoms with Gasteiger partial charge in [-0.1, -0.05) is 13.8 Å². The van der Waals surface area contributed by atoms with Crippen molar-refractivity contribution in [2.75, 3.05) is 34.8 Å². The van der Waals surface area contributed by atoms with Crippen LogP contribution in [-0.2, 0) is 11.0 Å². The molecule has 6 nitrogen and oxygen atoms in total. The molecule has 2 aliphatic heterocycles. The number of nitrogens with zero attached hydrogens (tertiary/aromatic N) is 2. The minimum atomic E-state index is -4.37. The first-order valence-corrected chi connectivity index (χ1v) is 11.8. The van der Waals surface area contributed by atoms with Crippen molar-refractivity contribution in [2.45, 2.75) is 52.1 Å². The summed E-state index contributed by atoms with van der Waals surface area (Å²) in [6.07, 6.45) is 0.985.